The SMILES string of the molecule is NCC(CS)NO. The lowest BCUT2D eigenvalue weighted by Gasteiger charge is -2.05. The fourth-order valence-corrected chi connectivity index (χ4v) is 0.399. The Balaban J connectivity index is 2.99. The van der Waals surface area contributed by atoms with Gasteiger partial charge in [0.2, 0.25) is 0 Å². The first-order valence-corrected chi connectivity index (χ1v) is 2.69. The maximum Gasteiger partial charge on any atom is 0.0529 e. The molecule has 0 aliphatic rings. The van der Waals surface area contributed by atoms with Gasteiger partial charge in [0.15, 0.2) is 0 Å². The lowest BCUT2D eigenvalue weighted by Crippen LogP contribution is -2.35. The van der Waals surface area contributed by atoms with E-state index in [1.807, 2.05) is 5.48 Å². The molecule has 0 saturated heterocycles. The molecule has 0 radical (unpaired) electrons. The third-order valence-electron chi connectivity index (χ3n) is 0.687. The van der Waals surface area contributed by atoms with Gasteiger partial charge < -0.3 is 10.9 Å². The number of nitrogens with one attached hydrogen (secondary N) is 1. The molecule has 0 heterocycles. The van der Waals surface area contributed by atoms with Gasteiger partial charge in [-0.2, -0.15) is 12.6 Å². The molecule has 0 aliphatic heterocycles. The molecule has 0 rings (SSSR count). The van der Waals surface area contributed by atoms with Crippen molar-refractivity contribution in [3.8, 4) is 0 Å². The predicted molar refractivity (Wildman–Crippen MR) is 31.6 cm³/mol. The highest BCUT2D eigenvalue weighted by molar-refractivity contribution is 7.80. The molecule has 0 amide bonds. The van der Waals surface area contributed by atoms with E-state index in [4.69, 9.17) is 10.9 Å². The molecule has 1 atom stereocenters. The Bertz CT molecular complexity index is 34.4. The molecule has 0 aromatic heterocycles. The number of hydroxylamine groups is 1. The summed E-state index contributed by atoms with van der Waals surface area (Å²) in [6, 6.07) is -0.0664. The quantitative estimate of drug-likeness (QED) is 0.293. The zero-order chi connectivity index (χ0) is 5.70. The molecule has 3 nitrogen and oxygen atoms in total. The van der Waals surface area contributed by atoms with Gasteiger partial charge in [0.1, 0.15) is 0 Å². The zero-order valence-corrected chi connectivity index (χ0v) is 4.86. The molecule has 0 bridgehead atoms. The van der Waals surface area contributed by atoms with Crippen LogP contribution in [0.15, 0.2) is 0 Å². The van der Waals surface area contributed by atoms with Crippen LogP contribution in [-0.2, 0) is 0 Å². The molecular formula is C3H10N2OS. The second kappa shape index (κ2) is 4.39. The van der Waals surface area contributed by atoms with Gasteiger partial charge in [-0.15, -0.1) is 0 Å². The van der Waals surface area contributed by atoms with Crippen LogP contribution in [0, 0.1) is 0 Å². The van der Waals surface area contributed by atoms with Crippen molar-refractivity contribution in [2.45, 2.75) is 6.04 Å². The summed E-state index contributed by atoms with van der Waals surface area (Å²) in [6.07, 6.45) is 0. The molecule has 7 heavy (non-hydrogen) atoms. The van der Waals surface area contributed by atoms with Crippen molar-refractivity contribution in [3.05, 3.63) is 0 Å². The van der Waals surface area contributed by atoms with Crippen LogP contribution in [-0.4, -0.2) is 23.5 Å². The van der Waals surface area contributed by atoms with Crippen molar-refractivity contribution in [2.75, 3.05) is 12.3 Å². The Labute approximate surface area is 48.3 Å². The van der Waals surface area contributed by atoms with Crippen molar-refractivity contribution < 1.29 is 5.21 Å². The minimum absolute atomic E-state index is 0.0664. The van der Waals surface area contributed by atoms with Crippen LogP contribution < -0.4 is 11.2 Å². The van der Waals surface area contributed by atoms with Crippen molar-refractivity contribution in [1.82, 2.24) is 5.48 Å². The Hall–Kier alpha value is 0.230. The summed E-state index contributed by atoms with van der Waals surface area (Å²) in [5.74, 6) is 0.562. The third kappa shape index (κ3) is 2.87. The number of hydrogen-bond acceptors (Lipinski definition) is 4. The molecular weight excluding hydrogens is 112 g/mol. The number of hydrogen-bond donors (Lipinski definition) is 4. The van der Waals surface area contributed by atoms with Crippen molar-refractivity contribution in [2.24, 2.45) is 5.73 Å². The van der Waals surface area contributed by atoms with E-state index < -0.39 is 0 Å². The summed E-state index contributed by atoms with van der Waals surface area (Å²) in [5.41, 5.74) is 7.12. The standard InChI is InChI=1S/C3H10N2OS/c4-1-3(2-7)5-6/h3,5-7H,1-2,4H2. The van der Waals surface area contributed by atoms with Gasteiger partial charge in [-0.1, -0.05) is 0 Å². The monoisotopic (exact) mass is 122 g/mol. The van der Waals surface area contributed by atoms with Gasteiger partial charge in [-0.05, 0) is 0 Å². The fraction of sp³-hybridized carbons (Fsp3) is 1.00. The van der Waals surface area contributed by atoms with Crippen LogP contribution in [0.3, 0.4) is 0 Å². The van der Waals surface area contributed by atoms with Crippen LogP contribution in [0.25, 0.3) is 0 Å². The zero-order valence-electron chi connectivity index (χ0n) is 3.96. The number of nitrogens with two attached hydrogens (primary N) is 1. The van der Waals surface area contributed by atoms with E-state index in [1.165, 1.54) is 0 Å². The molecule has 0 spiro atoms. The highest BCUT2D eigenvalue weighted by atomic mass is 32.1. The van der Waals surface area contributed by atoms with Gasteiger partial charge in [0.05, 0.1) is 6.04 Å². The summed E-state index contributed by atoms with van der Waals surface area (Å²) in [5, 5.41) is 8.15. The average Bonchev–Trinajstić information content (AvgIpc) is 1.72. The minimum atomic E-state index is -0.0664. The van der Waals surface area contributed by atoms with Gasteiger partial charge in [-0.3, -0.25) is 0 Å². The smallest absolute Gasteiger partial charge is 0.0529 e. The summed E-state index contributed by atoms with van der Waals surface area (Å²) in [6.45, 7) is 0.417. The molecule has 4 N–H and O–H groups in total. The van der Waals surface area contributed by atoms with Gasteiger partial charge in [0, 0.05) is 12.3 Å². The third-order valence-corrected chi connectivity index (χ3v) is 1.13. The van der Waals surface area contributed by atoms with Crippen LogP contribution in [0.5, 0.6) is 0 Å². The fourth-order valence-electron chi connectivity index (χ4n) is 0.168. The Morgan fingerprint density at radius 1 is 1.86 bits per heavy atom. The average molecular weight is 122 g/mol. The summed E-state index contributed by atoms with van der Waals surface area (Å²) >= 11 is 3.87. The van der Waals surface area contributed by atoms with Crippen molar-refractivity contribution in [3.63, 3.8) is 0 Å². The molecule has 0 fully saturated rings. The Morgan fingerprint density at radius 2 is 2.43 bits per heavy atom. The molecule has 4 heteroatoms. The summed E-state index contributed by atoms with van der Waals surface area (Å²) < 4.78 is 0. The normalized spacial score (nSPS) is 14.1. The summed E-state index contributed by atoms with van der Waals surface area (Å²) in [4.78, 5) is 0. The van der Waals surface area contributed by atoms with E-state index in [0.29, 0.717) is 12.3 Å². The minimum Gasteiger partial charge on any atom is -0.329 e. The van der Waals surface area contributed by atoms with E-state index in [2.05, 4.69) is 12.6 Å². The molecule has 0 saturated carbocycles. The lowest BCUT2D eigenvalue weighted by atomic mass is 10.4. The molecule has 1 unspecified atom stereocenters. The molecule has 0 aromatic carbocycles. The largest absolute Gasteiger partial charge is 0.329 e. The predicted octanol–water partition coefficient (Wildman–Crippen LogP) is -0.778. The molecule has 44 valence electrons. The van der Waals surface area contributed by atoms with Gasteiger partial charge >= 0.3 is 0 Å². The second-order valence-corrected chi connectivity index (χ2v) is 1.61. The van der Waals surface area contributed by atoms with E-state index in [-0.39, 0.29) is 6.04 Å². The highest BCUT2D eigenvalue weighted by Gasteiger charge is 1.97. The van der Waals surface area contributed by atoms with Crippen LogP contribution in [0.4, 0.5) is 0 Å². The van der Waals surface area contributed by atoms with E-state index in [1.54, 1.807) is 0 Å². The Kier molecular flexibility index (Phi) is 4.53. The van der Waals surface area contributed by atoms with Crippen LogP contribution >= 0.6 is 12.6 Å². The molecule has 0 aromatic rings. The van der Waals surface area contributed by atoms with E-state index in [9.17, 15) is 0 Å². The Morgan fingerprint density at radius 3 is 2.43 bits per heavy atom. The maximum atomic E-state index is 8.15. The van der Waals surface area contributed by atoms with Gasteiger partial charge in [-0.25, -0.2) is 5.48 Å². The van der Waals surface area contributed by atoms with E-state index >= 15 is 0 Å². The molecule has 0 aliphatic carbocycles. The number of thiol groups is 1. The van der Waals surface area contributed by atoms with Crippen molar-refractivity contribution >= 4 is 12.6 Å². The van der Waals surface area contributed by atoms with E-state index in [0.717, 1.165) is 0 Å². The lowest BCUT2D eigenvalue weighted by molar-refractivity contribution is 0.138. The van der Waals surface area contributed by atoms with Crippen LogP contribution in [0.1, 0.15) is 0 Å². The first-order valence-electron chi connectivity index (χ1n) is 2.05. The summed E-state index contributed by atoms with van der Waals surface area (Å²) in [7, 11) is 0. The topological polar surface area (TPSA) is 58.3 Å². The number of rotatable bonds is 3. The first kappa shape index (κ1) is 7.23. The van der Waals surface area contributed by atoms with Gasteiger partial charge in [0.25, 0.3) is 0 Å². The second-order valence-electron chi connectivity index (χ2n) is 1.24. The van der Waals surface area contributed by atoms with Crippen LogP contribution in [0.2, 0.25) is 0 Å². The maximum absolute atomic E-state index is 8.15. The van der Waals surface area contributed by atoms with Crippen molar-refractivity contribution in [1.29, 1.82) is 0 Å². The first-order chi connectivity index (χ1) is 3.35. The highest BCUT2D eigenvalue weighted by Crippen LogP contribution is 1.79.